The molecule has 116 valence electrons. The average Bonchev–Trinajstić information content (AvgIpc) is 2.46. The molecule has 1 N–H and O–H groups in total. The van der Waals surface area contributed by atoms with E-state index in [0.717, 1.165) is 11.1 Å². The first-order valence-corrected chi connectivity index (χ1v) is 7.86. The predicted octanol–water partition coefficient (Wildman–Crippen LogP) is 5.52. The Balaban J connectivity index is 2.61. The van der Waals surface area contributed by atoms with Crippen LogP contribution in [0.4, 0.5) is 0 Å². The molecule has 22 heavy (non-hydrogen) atoms. The van der Waals surface area contributed by atoms with Crippen LogP contribution in [0.15, 0.2) is 36.4 Å². The molecule has 2 aromatic carbocycles. The van der Waals surface area contributed by atoms with Crippen molar-refractivity contribution in [3.63, 3.8) is 0 Å². The number of carbonyl (C=O) groups is 1. The molecule has 0 saturated carbocycles. The van der Waals surface area contributed by atoms with E-state index in [0.29, 0.717) is 21.9 Å². The maximum atomic E-state index is 12.8. The van der Waals surface area contributed by atoms with E-state index < -0.39 is 0 Å². The third kappa shape index (κ3) is 3.17. The first-order valence-electron chi connectivity index (χ1n) is 7.49. The van der Waals surface area contributed by atoms with E-state index in [1.807, 2.05) is 27.7 Å². The molecule has 0 fully saturated rings. The van der Waals surface area contributed by atoms with Crippen molar-refractivity contribution >= 4 is 17.4 Å². The van der Waals surface area contributed by atoms with Gasteiger partial charge in [-0.2, -0.15) is 0 Å². The van der Waals surface area contributed by atoms with Gasteiger partial charge in [0, 0.05) is 11.1 Å². The third-order valence-electron chi connectivity index (χ3n) is 3.79. The van der Waals surface area contributed by atoms with Gasteiger partial charge >= 0.3 is 0 Å². The monoisotopic (exact) mass is 316 g/mol. The van der Waals surface area contributed by atoms with Crippen LogP contribution in [-0.2, 0) is 0 Å². The predicted molar refractivity (Wildman–Crippen MR) is 91.2 cm³/mol. The molecule has 2 rings (SSSR count). The van der Waals surface area contributed by atoms with Crippen molar-refractivity contribution in [1.29, 1.82) is 0 Å². The van der Waals surface area contributed by atoms with E-state index in [-0.39, 0.29) is 17.6 Å². The summed E-state index contributed by atoms with van der Waals surface area (Å²) in [5.41, 5.74) is 2.64. The fourth-order valence-electron chi connectivity index (χ4n) is 2.49. The zero-order valence-corrected chi connectivity index (χ0v) is 14.1. The zero-order chi connectivity index (χ0) is 16.4. The number of phenolic OH excluding ortho intramolecular Hbond substituents is 1. The number of carbonyl (C=O) groups excluding carboxylic acids is 1. The minimum Gasteiger partial charge on any atom is -0.507 e. The summed E-state index contributed by atoms with van der Waals surface area (Å²) in [6.07, 6.45) is 0. The second-order valence-corrected chi connectivity index (χ2v) is 6.53. The van der Waals surface area contributed by atoms with E-state index in [1.165, 1.54) is 0 Å². The Morgan fingerprint density at radius 1 is 1.00 bits per heavy atom. The van der Waals surface area contributed by atoms with Gasteiger partial charge in [0.1, 0.15) is 5.75 Å². The topological polar surface area (TPSA) is 37.3 Å². The van der Waals surface area contributed by atoms with Crippen LogP contribution in [0.1, 0.15) is 66.6 Å². The Labute approximate surface area is 136 Å². The molecular formula is C19H21ClO2. The smallest absolute Gasteiger partial charge is 0.194 e. The highest BCUT2D eigenvalue weighted by Crippen LogP contribution is 2.35. The molecule has 0 aromatic heterocycles. The lowest BCUT2D eigenvalue weighted by molar-refractivity contribution is 0.103. The molecule has 0 amide bonds. The molecular weight excluding hydrogens is 296 g/mol. The fourth-order valence-corrected chi connectivity index (χ4v) is 2.71. The number of aromatic hydroxyl groups is 1. The normalized spacial score (nSPS) is 11.2. The molecule has 0 aliphatic rings. The van der Waals surface area contributed by atoms with Crippen LogP contribution in [0, 0.1) is 0 Å². The molecule has 0 radical (unpaired) electrons. The number of hydrogen-bond donors (Lipinski definition) is 1. The van der Waals surface area contributed by atoms with E-state index in [4.69, 9.17) is 11.6 Å². The Kier molecular flexibility index (Phi) is 4.92. The Hall–Kier alpha value is -1.80. The van der Waals surface area contributed by atoms with E-state index in [9.17, 15) is 9.90 Å². The third-order valence-corrected chi connectivity index (χ3v) is 4.12. The van der Waals surface area contributed by atoms with Gasteiger partial charge < -0.3 is 5.11 Å². The van der Waals surface area contributed by atoms with Crippen molar-refractivity contribution in [3.8, 4) is 5.75 Å². The second kappa shape index (κ2) is 6.53. The summed E-state index contributed by atoms with van der Waals surface area (Å²) in [5.74, 6) is 0.447. The lowest BCUT2D eigenvalue weighted by atomic mass is 9.89. The summed E-state index contributed by atoms with van der Waals surface area (Å²) in [6.45, 7) is 8.01. The summed E-state index contributed by atoms with van der Waals surface area (Å²) in [4.78, 5) is 12.8. The molecule has 3 heteroatoms. The highest BCUT2D eigenvalue weighted by atomic mass is 35.5. The van der Waals surface area contributed by atoms with Crippen molar-refractivity contribution in [2.24, 2.45) is 0 Å². The summed E-state index contributed by atoms with van der Waals surface area (Å²) in [5, 5.41) is 10.9. The van der Waals surface area contributed by atoms with E-state index in [1.54, 1.807) is 36.4 Å². The van der Waals surface area contributed by atoms with Gasteiger partial charge in [-0.05, 0) is 47.2 Å². The molecule has 0 aliphatic carbocycles. The number of rotatable bonds is 4. The van der Waals surface area contributed by atoms with Gasteiger partial charge in [-0.15, -0.1) is 0 Å². The number of hydrogen-bond acceptors (Lipinski definition) is 2. The van der Waals surface area contributed by atoms with Crippen LogP contribution in [0.2, 0.25) is 5.02 Å². The van der Waals surface area contributed by atoms with Crippen LogP contribution < -0.4 is 0 Å². The van der Waals surface area contributed by atoms with Crippen molar-refractivity contribution in [2.75, 3.05) is 0 Å². The van der Waals surface area contributed by atoms with Crippen LogP contribution in [-0.4, -0.2) is 10.9 Å². The van der Waals surface area contributed by atoms with Gasteiger partial charge in [0.15, 0.2) is 5.78 Å². The maximum absolute atomic E-state index is 12.8. The van der Waals surface area contributed by atoms with Crippen LogP contribution >= 0.6 is 11.6 Å². The molecule has 0 unspecified atom stereocenters. The second-order valence-electron chi connectivity index (χ2n) is 6.12. The lowest BCUT2D eigenvalue weighted by Crippen LogP contribution is -2.06. The maximum Gasteiger partial charge on any atom is 0.194 e. The van der Waals surface area contributed by atoms with Crippen LogP contribution in [0.25, 0.3) is 0 Å². The van der Waals surface area contributed by atoms with Gasteiger partial charge in [-0.1, -0.05) is 51.4 Å². The molecule has 0 saturated heterocycles. The van der Waals surface area contributed by atoms with Crippen molar-refractivity contribution in [3.05, 3.63) is 63.7 Å². The van der Waals surface area contributed by atoms with Gasteiger partial charge in [0.05, 0.1) is 5.02 Å². The summed E-state index contributed by atoms with van der Waals surface area (Å²) >= 11 is 6.13. The number of phenols is 1. The summed E-state index contributed by atoms with van der Waals surface area (Å²) < 4.78 is 0. The highest BCUT2D eigenvalue weighted by Gasteiger charge is 2.20. The molecule has 2 aromatic rings. The van der Waals surface area contributed by atoms with Crippen molar-refractivity contribution in [1.82, 2.24) is 0 Å². The van der Waals surface area contributed by atoms with Gasteiger partial charge in [0.25, 0.3) is 0 Å². The quantitative estimate of drug-likeness (QED) is 0.754. The first-order chi connectivity index (χ1) is 10.3. The fraction of sp³-hybridized carbons (Fsp3) is 0.316. The average molecular weight is 317 g/mol. The summed E-state index contributed by atoms with van der Waals surface area (Å²) in [6, 6.07) is 10.6. The standard InChI is InChI=1S/C19H21ClO2/c1-11(2)15-9-13(10-16(12(3)4)19(15)22)18(21)14-7-5-6-8-17(14)20/h5-12,22H,1-4H3. The number of benzene rings is 2. The molecule has 0 aliphatic heterocycles. The zero-order valence-electron chi connectivity index (χ0n) is 13.4. The Bertz CT molecular complexity index is 673. The molecule has 2 nitrogen and oxygen atoms in total. The Morgan fingerprint density at radius 3 is 1.95 bits per heavy atom. The summed E-state index contributed by atoms with van der Waals surface area (Å²) in [7, 11) is 0. The highest BCUT2D eigenvalue weighted by molar-refractivity contribution is 6.35. The van der Waals surface area contributed by atoms with Crippen LogP contribution in [0.3, 0.4) is 0 Å². The van der Waals surface area contributed by atoms with Gasteiger partial charge in [-0.25, -0.2) is 0 Å². The molecule has 0 bridgehead atoms. The minimum atomic E-state index is -0.116. The molecule has 0 spiro atoms. The minimum absolute atomic E-state index is 0.116. The number of halogens is 1. The van der Waals surface area contributed by atoms with Crippen molar-refractivity contribution in [2.45, 2.75) is 39.5 Å². The lowest BCUT2D eigenvalue weighted by Gasteiger charge is -2.17. The molecule has 0 atom stereocenters. The van der Waals surface area contributed by atoms with Gasteiger partial charge in [-0.3, -0.25) is 4.79 Å². The van der Waals surface area contributed by atoms with E-state index >= 15 is 0 Å². The SMILES string of the molecule is CC(C)c1cc(C(=O)c2ccccc2Cl)cc(C(C)C)c1O. The van der Waals surface area contributed by atoms with Crippen LogP contribution in [0.5, 0.6) is 5.75 Å². The van der Waals surface area contributed by atoms with Crippen molar-refractivity contribution < 1.29 is 9.90 Å². The first kappa shape index (κ1) is 16.6. The van der Waals surface area contributed by atoms with Gasteiger partial charge in [0.2, 0.25) is 0 Å². The number of ketones is 1. The molecule has 0 heterocycles. The van der Waals surface area contributed by atoms with E-state index in [2.05, 4.69) is 0 Å². The Morgan fingerprint density at radius 2 is 1.50 bits per heavy atom. The largest absolute Gasteiger partial charge is 0.507 e.